The van der Waals surface area contributed by atoms with Gasteiger partial charge in [-0.15, -0.1) is 11.8 Å². The number of rotatable bonds is 7. The second-order valence-corrected chi connectivity index (χ2v) is 7.56. The summed E-state index contributed by atoms with van der Waals surface area (Å²) in [6.07, 6.45) is 1.78. The summed E-state index contributed by atoms with van der Waals surface area (Å²) < 4.78 is 6.60. The van der Waals surface area contributed by atoms with Gasteiger partial charge in [-0.2, -0.15) is 5.10 Å². The molecule has 0 radical (unpaired) electrons. The van der Waals surface area contributed by atoms with Crippen LogP contribution >= 0.6 is 11.8 Å². The number of hydrogen-bond donors (Lipinski definition) is 1. The Hall–Kier alpha value is -3.66. The van der Waals surface area contributed by atoms with Gasteiger partial charge in [0.25, 0.3) is 11.6 Å². The largest absolute Gasteiger partial charge is 0.452 e. The molecule has 0 saturated carbocycles. The maximum Gasteiger partial charge on any atom is 0.345 e. The third-order valence-electron chi connectivity index (χ3n) is 4.33. The Labute approximate surface area is 182 Å². The van der Waals surface area contributed by atoms with Crippen LogP contribution in [-0.2, 0) is 9.53 Å². The van der Waals surface area contributed by atoms with E-state index < -0.39 is 23.4 Å². The highest BCUT2D eigenvalue weighted by Gasteiger charge is 2.23. The second-order valence-electron chi connectivity index (χ2n) is 6.68. The van der Waals surface area contributed by atoms with Gasteiger partial charge in [-0.25, -0.2) is 9.48 Å². The summed E-state index contributed by atoms with van der Waals surface area (Å²) in [5, 5.41) is 18.2. The van der Waals surface area contributed by atoms with Gasteiger partial charge in [0, 0.05) is 17.0 Å². The van der Waals surface area contributed by atoms with Gasteiger partial charge in [-0.3, -0.25) is 14.9 Å². The third kappa shape index (κ3) is 5.28. The highest BCUT2D eigenvalue weighted by molar-refractivity contribution is 7.98. The minimum absolute atomic E-state index is 0.204. The van der Waals surface area contributed by atoms with E-state index in [9.17, 15) is 19.7 Å². The average molecular weight is 440 g/mol. The van der Waals surface area contributed by atoms with Crippen molar-refractivity contribution in [3.05, 3.63) is 75.5 Å². The summed E-state index contributed by atoms with van der Waals surface area (Å²) in [5.41, 5.74) is 1.96. The number of nitro groups is 1. The molecule has 0 atom stereocenters. The van der Waals surface area contributed by atoms with Crippen LogP contribution in [0.4, 0.5) is 11.5 Å². The van der Waals surface area contributed by atoms with Gasteiger partial charge in [0.05, 0.1) is 16.3 Å². The molecule has 9 nitrogen and oxygen atoms in total. The highest BCUT2D eigenvalue weighted by Crippen LogP contribution is 2.25. The number of carbonyl (C=O) groups is 2. The molecule has 0 fully saturated rings. The first-order chi connectivity index (χ1) is 14.8. The van der Waals surface area contributed by atoms with Gasteiger partial charge in [0.2, 0.25) is 0 Å². The van der Waals surface area contributed by atoms with Gasteiger partial charge in [0.1, 0.15) is 11.4 Å². The first-order valence-corrected chi connectivity index (χ1v) is 10.4. The molecule has 3 rings (SSSR count). The number of anilines is 1. The molecule has 0 saturated heterocycles. The lowest BCUT2D eigenvalue weighted by Gasteiger charge is -2.10. The molecule has 10 heteroatoms. The summed E-state index contributed by atoms with van der Waals surface area (Å²) in [5.74, 6) is -1.12. The number of esters is 1. The molecular weight excluding hydrogens is 420 g/mol. The topological polar surface area (TPSA) is 116 Å². The number of benzene rings is 2. The van der Waals surface area contributed by atoms with Gasteiger partial charge < -0.3 is 10.1 Å². The predicted octanol–water partition coefficient (Wildman–Crippen LogP) is 3.91. The van der Waals surface area contributed by atoms with Crippen LogP contribution in [0.25, 0.3) is 5.69 Å². The van der Waals surface area contributed by atoms with E-state index in [1.807, 2.05) is 31.2 Å². The van der Waals surface area contributed by atoms with E-state index in [1.54, 1.807) is 30.0 Å². The molecule has 1 N–H and O–H groups in total. The average Bonchev–Trinajstić information content (AvgIpc) is 3.11. The number of nitrogens with one attached hydrogen (secondary N) is 1. The van der Waals surface area contributed by atoms with Gasteiger partial charge in [0.15, 0.2) is 6.61 Å². The number of ether oxygens (including phenoxy) is 1. The first-order valence-electron chi connectivity index (χ1n) is 9.21. The molecule has 1 heterocycles. The Morgan fingerprint density at radius 2 is 1.87 bits per heavy atom. The first kappa shape index (κ1) is 22.0. The lowest BCUT2D eigenvalue weighted by molar-refractivity contribution is -0.385. The number of nitrogens with zero attached hydrogens (tertiary/aromatic N) is 3. The molecule has 3 aromatic rings. The number of nitro benzene ring substituents is 1. The molecular formula is C21H20N4O5S. The normalized spacial score (nSPS) is 10.5. The number of hydrogen-bond acceptors (Lipinski definition) is 7. The summed E-state index contributed by atoms with van der Waals surface area (Å²) in [6, 6.07) is 13.4. The number of aryl methyl sites for hydroxylation is 2. The molecule has 0 unspecified atom stereocenters. The summed E-state index contributed by atoms with van der Waals surface area (Å²) >= 11 is 1.33. The van der Waals surface area contributed by atoms with Crippen molar-refractivity contribution >= 4 is 35.1 Å². The van der Waals surface area contributed by atoms with Gasteiger partial charge in [-0.1, -0.05) is 17.7 Å². The Bertz CT molecular complexity index is 1140. The maximum absolute atomic E-state index is 12.4. The van der Waals surface area contributed by atoms with E-state index in [0.717, 1.165) is 11.3 Å². The summed E-state index contributed by atoms with van der Waals surface area (Å²) in [4.78, 5) is 36.0. The van der Waals surface area contributed by atoms with Crippen LogP contribution in [0.5, 0.6) is 0 Å². The van der Waals surface area contributed by atoms with Gasteiger partial charge in [-0.05, 0) is 44.4 Å². The smallest absolute Gasteiger partial charge is 0.345 e. The lowest BCUT2D eigenvalue weighted by atomic mass is 10.2. The molecule has 31 heavy (non-hydrogen) atoms. The van der Waals surface area contributed by atoms with Crippen molar-refractivity contribution in [1.82, 2.24) is 9.78 Å². The van der Waals surface area contributed by atoms with E-state index in [4.69, 9.17) is 4.74 Å². The van der Waals surface area contributed by atoms with Crippen LogP contribution in [0.3, 0.4) is 0 Å². The van der Waals surface area contributed by atoms with E-state index in [0.29, 0.717) is 16.4 Å². The molecule has 1 amide bonds. The lowest BCUT2D eigenvalue weighted by Crippen LogP contribution is -2.22. The number of carbonyl (C=O) groups excluding carboxylic acids is 2. The zero-order valence-electron chi connectivity index (χ0n) is 17.1. The molecule has 0 aliphatic carbocycles. The fourth-order valence-corrected chi connectivity index (χ4v) is 3.26. The second kappa shape index (κ2) is 9.43. The van der Waals surface area contributed by atoms with E-state index in [1.165, 1.54) is 23.9 Å². The van der Waals surface area contributed by atoms with Gasteiger partial charge >= 0.3 is 5.97 Å². The van der Waals surface area contributed by atoms with Crippen molar-refractivity contribution in [1.29, 1.82) is 0 Å². The highest BCUT2D eigenvalue weighted by atomic mass is 32.2. The van der Waals surface area contributed by atoms with Crippen molar-refractivity contribution in [2.45, 2.75) is 18.7 Å². The third-order valence-corrected chi connectivity index (χ3v) is 5.06. The summed E-state index contributed by atoms with van der Waals surface area (Å²) in [7, 11) is 0. The quantitative estimate of drug-likeness (QED) is 0.256. The van der Waals surface area contributed by atoms with Crippen LogP contribution in [0.15, 0.2) is 53.4 Å². The molecule has 0 spiro atoms. The minimum Gasteiger partial charge on any atom is -0.452 e. The predicted molar refractivity (Wildman–Crippen MR) is 117 cm³/mol. The zero-order chi connectivity index (χ0) is 22.5. The standard InChI is InChI=1S/C21H20N4O5S/c1-13-4-6-15(7-5-13)24-19(10-14(2)23-24)22-20(26)12-30-21(27)17-11-16(31-3)8-9-18(17)25(28)29/h4-11H,12H2,1-3H3,(H,22,26). The number of thioether (sulfide) groups is 1. The SMILES string of the molecule is CSc1ccc([N+](=O)[O-])c(C(=O)OCC(=O)Nc2cc(C)nn2-c2ccc(C)cc2)c1. The monoisotopic (exact) mass is 440 g/mol. The van der Waals surface area contributed by atoms with Crippen molar-refractivity contribution < 1.29 is 19.2 Å². The molecule has 0 bridgehead atoms. The summed E-state index contributed by atoms with van der Waals surface area (Å²) in [6.45, 7) is 3.16. The molecule has 160 valence electrons. The molecule has 1 aromatic heterocycles. The zero-order valence-corrected chi connectivity index (χ0v) is 17.9. The minimum atomic E-state index is -0.944. The van der Waals surface area contributed by atoms with Crippen LogP contribution in [0, 0.1) is 24.0 Å². The molecule has 0 aliphatic heterocycles. The maximum atomic E-state index is 12.4. The fourth-order valence-electron chi connectivity index (χ4n) is 2.82. The Balaban J connectivity index is 1.71. The van der Waals surface area contributed by atoms with Crippen LogP contribution in [-0.4, -0.2) is 39.4 Å². The molecule has 2 aromatic carbocycles. The van der Waals surface area contributed by atoms with Crippen LogP contribution < -0.4 is 5.32 Å². The fraction of sp³-hybridized carbons (Fsp3) is 0.190. The van der Waals surface area contributed by atoms with E-state index in [2.05, 4.69) is 10.4 Å². The number of amides is 1. The van der Waals surface area contributed by atoms with E-state index in [-0.39, 0.29) is 11.3 Å². The Kier molecular flexibility index (Phi) is 6.71. The van der Waals surface area contributed by atoms with Crippen LogP contribution in [0.2, 0.25) is 0 Å². The molecule has 0 aliphatic rings. The van der Waals surface area contributed by atoms with Crippen molar-refractivity contribution in [2.75, 3.05) is 18.2 Å². The number of aromatic nitrogens is 2. The van der Waals surface area contributed by atoms with Crippen molar-refractivity contribution in [2.24, 2.45) is 0 Å². The van der Waals surface area contributed by atoms with Crippen molar-refractivity contribution in [3.63, 3.8) is 0 Å². The van der Waals surface area contributed by atoms with E-state index >= 15 is 0 Å². The van der Waals surface area contributed by atoms with Crippen LogP contribution in [0.1, 0.15) is 21.6 Å². The Morgan fingerprint density at radius 1 is 1.16 bits per heavy atom. The van der Waals surface area contributed by atoms with Crippen molar-refractivity contribution in [3.8, 4) is 5.69 Å². The Morgan fingerprint density at radius 3 is 2.52 bits per heavy atom.